The number of ether oxygens (including phenoxy) is 1. The van der Waals surface area contributed by atoms with E-state index in [4.69, 9.17) is 14.8 Å². The molecule has 0 heterocycles. The van der Waals surface area contributed by atoms with E-state index >= 15 is 0 Å². The summed E-state index contributed by atoms with van der Waals surface area (Å²) in [6, 6.07) is 3.47. The van der Waals surface area contributed by atoms with Gasteiger partial charge in [-0.1, -0.05) is 6.07 Å². The Bertz CT molecular complexity index is 488. The maximum atomic E-state index is 13.2. The van der Waals surface area contributed by atoms with E-state index in [9.17, 15) is 12.8 Å². The third kappa shape index (κ3) is 4.72. The number of halogens is 1. The Morgan fingerprint density at radius 2 is 2.06 bits per heavy atom. The van der Waals surface area contributed by atoms with Crippen LogP contribution in [0.1, 0.15) is 0 Å². The first-order valence-electron chi connectivity index (χ1n) is 4.76. The molecule has 0 bridgehead atoms. The van der Waals surface area contributed by atoms with Gasteiger partial charge >= 0.3 is 7.12 Å². The molecule has 0 radical (unpaired) electrons. The van der Waals surface area contributed by atoms with Crippen molar-refractivity contribution in [3.63, 3.8) is 0 Å². The van der Waals surface area contributed by atoms with Gasteiger partial charge in [-0.15, -0.1) is 0 Å². The number of hydrogen-bond donors (Lipinski definition) is 2. The van der Waals surface area contributed by atoms with Crippen LogP contribution in [0.2, 0.25) is 0 Å². The van der Waals surface area contributed by atoms with Crippen molar-refractivity contribution in [3.8, 4) is 5.75 Å². The predicted molar refractivity (Wildman–Crippen MR) is 61.4 cm³/mol. The third-order valence-corrected chi connectivity index (χ3v) is 2.88. The van der Waals surface area contributed by atoms with Crippen molar-refractivity contribution in [2.75, 3.05) is 18.6 Å². The van der Waals surface area contributed by atoms with Crippen molar-refractivity contribution >= 4 is 22.4 Å². The van der Waals surface area contributed by atoms with Gasteiger partial charge < -0.3 is 14.8 Å². The van der Waals surface area contributed by atoms with Crippen LogP contribution in [0.25, 0.3) is 0 Å². The molecule has 1 aromatic rings. The first-order valence-corrected chi connectivity index (χ1v) is 6.82. The lowest BCUT2D eigenvalue weighted by Crippen LogP contribution is -2.32. The highest BCUT2D eigenvalue weighted by molar-refractivity contribution is 7.90. The van der Waals surface area contributed by atoms with E-state index < -0.39 is 22.8 Å². The van der Waals surface area contributed by atoms with Gasteiger partial charge in [-0.3, -0.25) is 0 Å². The summed E-state index contributed by atoms with van der Waals surface area (Å²) in [5, 5.41) is 17.5. The smallest absolute Gasteiger partial charge is 0.491 e. The lowest BCUT2D eigenvalue weighted by molar-refractivity contribution is 0.339. The number of sulfone groups is 1. The van der Waals surface area contributed by atoms with Crippen LogP contribution in [0.5, 0.6) is 5.75 Å². The van der Waals surface area contributed by atoms with Crippen molar-refractivity contribution in [2.24, 2.45) is 0 Å². The molecule has 1 aromatic carbocycles. The fourth-order valence-corrected chi connectivity index (χ4v) is 1.50. The quantitative estimate of drug-likeness (QED) is 0.660. The van der Waals surface area contributed by atoms with Gasteiger partial charge in [-0.2, -0.15) is 0 Å². The van der Waals surface area contributed by atoms with Crippen LogP contribution >= 0.6 is 0 Å². The van der Waals surface area contributed by atoms with Gasteiger partial charge in [0, 0.05) is 17.8 Å². The predicted octanol–water partition coefficient (Wildman–Crippen LogP) is -1.07. The van der Waals surface area contributed by atoms with E-state index in [2.05, 4.69) is 0 Å². The van der Waals surface area contributed by atoms with Crippen molar-refractivity contribution in [3.05, 3.63) is 24.0 Å². The molecular weight excluding hydrogens is 250 g/mol. The molecule has 0 unspecified atom stereocenters. The van der Waals surface area contributed by atoms with Gasteiger partial charge in [-0.05, 0) is 6.07 Å². The number of hydrogen-bond acceptors (Lipinski definition) is 5. The van der Waals surface area contributed by atoms with E-state index in [0.29, 0.717) is 0 Å². The zero-order valence-electron chi connectivity index (χ0n) is 9.13. The largest absolute Gasteiger partial charge is 0.492 e. The molecule has 2 N–H and O–H groups in total. The summed E-state index contributed by atoms with van der Waals surface area (Å²) in [5.74, 6) is -0.855. The third-order valence-electron chi connectivity index (χ3n) is 1.97. The summed E-state index contributed by atoms with van der Waals surface area (Å²) in [6.07, 6.45) is 1.07. The maximum absolute atomic E-state index is 13.2. The average molecular weight is 262 g/mol. The molecule has 0 atom stereocenters. The second-order valence-corrected chi connectivity index (χ2v) is 5.80. The summed E-state index contributed by atoms with van der Waals surface area (Å²) in [5.41, 5.74) is -0.263. The number of benzene rings is 1. The van der Waals surface area contributed by atoms with Crippen LogP contribution in [0.4, 0.5) is 4.39 Å². The Labute approximate surface area is 98.9 Å². The van der Waals surface area contributed by atoms with E-state index in [1.54, 1.807) is 0 Å². The highest BCUT2D eigenvalue weighted by atomic mass is 32.2. The molecule has 5 nitrogen and oxygen atoms in total. The minimum atomic E-state index is -3.12. The Morgan fingerprint density at radius 3 is 2.53 bits per heavy atom. The standard InChI is InChI=1S/C9H12BFO5S/c1-17(14,15)5-4-16-7-2-3-8(10(12)13)9(11)6-7/h2-3,6,12-13H,4-5H2,1H3. The van der Waals surface area contributed by atoms with Crippen molar-refractivity contribution in [2.45, 2.75) is 0 Å². The van der Waals surface area contributed by atoms with E-state index in [0.717, 1.165) is 18.4 Å². The van der Waals surface area contributed by atoms with Gasteiger partial charge in [0.2, 0.25) is 0 Å². The zero-order valence-corrected chi connectivity index (χ0v) is 9.95. The molecular formula is C9H12BFO5S. The van der Waals surface area contributed by atoms with Crippen LogP contribution in [0.3, 0.4) is 0 Å². The second kappa shape index (κ2) is 5.48. The highest BCUT2D eigenvalue weighted by Gasteiger charge is 2.16. The Balaban J connectivity index is 2.65. The molecule has 0 aromatic heterocycles. The van der Waals surface area contributed by atoms with Gasteiger partial charge in [0.1, 0.15) is 18.2 Å². The molecule has 1 rings (SSSR count). The van der Waals surface area contributed by atoms with Crippen LogP contribution in [-0.2, 0) is 9.84 Å². The van der Waals surface area contributed by atoms with Crippen LogP contribution in [-0.4, -0.2) is 44.2 Å². The van der Waals surface area contributed by atoms with Crippen LogP contribution < -0.4 is 10.2 Å². The van der Waals surface area contributed by atoms with E-state index in [1.807, 2.05) is 0 Å². The van der Waals surface area contributed by atoms with E-state index in [1.165, 1.54) is 6.07 Å². The van der Waals surface area contributed by atoms with Crippen LogP contribution in [0.15, 0.2) is 18.2 Å². The first kappa shape index (κ1) is 13.9. The Hall–Kier alpha value is -1.12. The molecule has 17 heavy (non-hydrogen) atoms. The monoisotopic (exact) mass is 262 g/mol. The van der Waals surface area contributed by atoms with Gasteiger partial charge in [0.05, 0.1) is 5.75 Å². The van der Waals surface area contributed by atoms with Gasteiger partial charge in [-0.25, -0.2) is 12.8 Å². The molecule has 94 valence electrons. The minimum absolute atomic E-state index is 0.0840. The summed E-state index contributed by atoms with van der Waals surface area (Å²) in [6.45, 7) is -0.0840. The molecule has 0 saturated heterocycles. The molecule has 0 aliphatic carbocycles. The molecule has 8 heteroatoms. The first-order chi connectivity index (χ1) is 7.79. The topological polar surface area (TPSA) is 83.8 Å². The summed E-state index contributed by atoms with van der Waals surface area (Å²) in [7, 11) is -5.01. The van der Waals surface area contributed by atoms with Crippen molar-refractivity contribution in [1.82, 2.24) is 0 Å². The molecule has 0 aliphatic heterocycles. The molecule has 0 spiro atoms. The van der Waals surface area contributed by atoms with Crippen molar-refractivity contribution < 1.29 is 27.6 Å². The SMILES string of the molecule is CS(=O)(=O)CCOc1ccc(B(O)O)c(F)c1. The van der Waals surface area contributed by atoms with Crippen LogP contribution in [0, 0.1) is 5.82 Å². The maximum Gasteiger partial charge on any atom is 0.491 e. The van der Waals surface area contributed by atoms with Crippen molar-refractivity contribution in [1.29, 1.82) is 0 Å². The minimum Gasteiger partial charge on any atom is -0.492 e. The molecule has 0 aliphatic rings. The van der Waals surface area contributed by atoms with Gasteiger partial charge in [0.15, 0.2) is 9.84 Å². The normalized spacial score (nSPS) is 11.3. The fraction of sp³-hybridized carbons (Fsp3) is 0.333. The second-order valence-electron chi connectivity index (χ2n) is 3.54. The molecule has 0 amide bonds. The fourth-order valence-electron chi connectivity index (χ4n) is 1.12. The summed E-state index contributed by atoms with van der Waals surface area (Å²) in [4.78, 5) is 0. The van der Waals surface area contributed by atoms with E-state index in [-0.39, 0.29) is 23.6 Å². The Kier molecular flexibility index (Phi) is 4.50. The van der Waals surface area contributed by atoms with Gasteiger partial charge in [0.25, 0.3) is 0 Å². The zero-order chi connectivity index (χ0) is 13.1. The summed E-state index contributed by atoms with van der Waals surface area (Å²) < 4.78 is 39.9. The average Bonchev–Trinajstić information content (AvgIpc) is 2.15. The lowest BCUT2D eigenvalue weighted by Gasteiger charge is -2.07. The number of rotatable bonds is 5. The lowest BCUT2D eigenvalue weighted by atomic mass is 9.80. The molecule has 0 fully saturated rings. The summed E-state index contributed by atoms with van der Waals surface area (Å²) >= 11 is 0. The Morgan fingerprint density at radius 1 is 1.41 bits per heavy atom. The molecule has 0 saturated carbocycles. The highest BCUT2D eigenvalue weighted by Crippen LogP contribution is 2.11.